The van der Waals surface area contributed by atoms with Crippen molar-refractivity contribution >= 4 is 5.97 Å². The number of carbonyl (C=O) groups is 1. The lowest BCUT2D eigenvalue weighted by atomic mass is 10.2. The summed E-state index contributed by atoms with van der Waals surface area (Å²) in [5.74, 6) is -0.165. The molecule has 0 amide bonds. The molecule has 4 nitrogen and oxygen atoms in total. The molecule has 1 fully saturated rings. The average molecular weight is 173 g/mol. The second-order valence-corrected chi connectivity index (χ2v) is 2.84. The van der Waals surface area contributed by atoms with Crippen molar-refractivity contribution in [2.45, 2.75) is 18.9 Å². The normalized spacial score (nSPS) is 22.6. The third-order valence-electron chi connectivity index (χ3n) is 1.92. The third kappa shape index (κ3) is 3.19. The first kappa shape index (κ1) is 9.48. The van der Waals surface area contributed by atoms with Gasteiger partial charge in [-0.1, -0.05) is 0 Å². The van der Waals surface area contributed by atoms with Crippen molar-refractivity contribution in [3.63, 3.8) is 0 Å². The quantitative estimate of drug-likeness (QED) is 0.604. The van der Waals surface area contributed by atoms with Gasteiger partial charge in [0.15, 0.2) is 0 Å². The van der Waals surface area contributed by atoms with Gasteiger partial charge in [0, 0.05) is 19.2 Å². The molecular weight excluding hydrogens is 158 g/mol. The zero-order chi connectivity index (χ0) is 8.81. The van der Waals surface area contributed by atoms with E-state index in [-0.39, 0.29) is 5.97 Å². The van der Waals surface area contributed by atoms with Crippen LogP contribution in [0.4, 0.5) is 0 Å². The first-order valence-electron chi connectivity index (χ1n) is 4.21. The SMILES string of the molecule is COC(=O)CCNC1CCOC1. The Kier molecular flexibility index (Phi) is 4.04. The summed E-state index contributed by atoms with van der Waals surface area (Å²) in [6, 6.07) is 0.426. The summed E-state index contributed by atoms with van der Waals surface area (Å²) in [5, 5.41) is 3.22. The summed E-state index contributed by atoms with van der Waals surface area (Å²) >= 11 is 0. The predicted octanol–water partition coefficient (Wildman–Crippen LogP) is -0.0720. The standard InChI is InChI=1S/C8H15NO3/c1-11-8(10)2-4-9-7-3-5-12-6-7/h7,9H,2-6H2,1H3. The highest BCUT2D eigenvalue weighted by atomic mass is 16.5. The van der Waals surface area contributed by atoms with Crippen LogP contribution in [-0.4, -0.2) is 38.9 Å². The second kappa shape index (κ2) is 5.11. The fourth-order valence-corrected chi connectivity index (χ4v) is 1.18. The van der Waals surface area contributed by atoms with Crippen molar-refractivity contribution < 1.29 is 14.3 Å². The van der Waals surface area contributed by atoms with Crippen molar-refractivity contribution in [1.29, 1.82) is 0 Å². The van der Waals surface area contributed by atoms with Crippen molar-refractivity contribution in [2.24, 2.45) is 0 Å². The van der Waals surface area contributed by atoms with Gasteiger partial charge < -0.3 is 14.8 Å². The lowest BCUT2D eigenvalue weighted by Crippen LogP contribution is -2.31. The molecule has 12 heavy (non-hydrogen) atoms. The molecule has 1 unspecified atom stereocenters. The highest BCUT2D eigenvalue weighted by molar-refractivity contribution is 5.69. The molecule has 0 bridgehead atoms. The van der Waals surface area contributed by atoms with Crippen molar-refractivity contribution in [3.8, 4) is 0 Å². The fraction of sp³-hybridized carbons (Fsp3) is 0.875. The molecule has 0 aliphatic carbocycles. The molecule has 4 heteroatoms. The van der Waals surface area contributed by atoms with E-state index in [0.717, 1.165) is 19.6 Å². The van der Waals surface area contributed by atoms with E-state index in [0.29, 0.717) is 19.0 Å². The van der Waals surface area contributed by atoms with E-state index in [1.807, 2.05) is 0 Å². The fourth-order valence-electron chi connectivity index (χ4n) is 1.18. The molecular formula is C8H15NO3. The monoisotopic (exact) mass is 173 g/mol. The van der Waals surface area contributed by atoms with E-state index in [2.05, 4.69) is 10.1 Å². The number of rotatable bonds is 4. The molecule has 1 aliphatic heterocycles. The van der Waals surface area contributed by atoms with Gasteiger partial charge in [-0.15, -0.1) is 0 Å². The van der Waals surface area contributed by atoms with E-state index in [1.54, 1.807) is 0 Å². The Balaban J connectivity index is 1.97. The van der Waals surface area contributed by atoms with Crippen LogP contribution in [0.15, 0.2) is 0 Å². The van der Waals surface area contributed by atoms with Crippen LogP contribution in [0.2, 0.25) is 0 Å². The third-order valence-corrected chi connectivity index (χ3v) is 1.92. The number of ether oxygens (including phenoxy) is 2. The maximum absolute atomic E-state index is 10.7. The molecule has 0 aromatic carbocycles. The highest BCUT2D eigenvalue weighted by Crippen LogP contribution is 2.02. The van der Waals surface area contributed by atoms with Gasteiger partial charge in [0.2, 0.25) is 0 Å². The van der Waals surface area contributed by atoms with Crippen LogP contribution < -0.4 is 5.32 Å². The minimum absolute atomic E-state index is 0.165. The van der Waals surface area contributed by atoms with Gasteiger partial charge >= 0.3 is 5.97 Å². The number of nitrogens with one attached hydrogen (secondary N) is 1. The lowest BCUT2D eigenvalue weighted by molar-refractivity contribution is -0.140. The van der Waals surface area contributed by atoms with Gasteiger partial charge in [-0.2, -0.15) is 0 Å². The topological polar surface area (TPSA) is 47.6 Å². The van der Waals surface area contributed by atoms with E-state index in [9.17, 15) is 4.79 Å². The van der Waals surface area contributed by atoms with Gasteiger partial charge in [-0.3, -0.25) is 4.79 Å². The van der Waals surface area contributed by atoms with Gasteiger partial charge in [-0.05, 0) is 6.42 Å². The van der Waals surface area contributed by atoms with E-state index >= 15 is 0 Å². The van der Waals surface area contributed by atoms with E-state index < -0.39 is 0 Å². The van der Waals surface area contributed by atoms with Gasteiger partial charge in [0.1, 0.15) is 0 Å². The molecule has 0 aromatic rings. The summed E-state index contributed by atoms with van der Waals surface area (Å²) in [4.78, 5) is 10.7. The molecule has 0 saturated carbocycles. The van der Waals surface area contributed by atoms with Crippen molar-refractivity contribution in [1.82, 2.24) is 5.32 Å². The minimum Gasteiger partial charge on any atom is -0.469 e. The van der Waals surface area contributed by atoms with Crippen LogP contribution in [0.5, 0.6) is 0 Å². The summed E-state index contributed by atoms with van der Waals surface area (Å²) in [7, 11) is 1.40. The lowest BCUT2D eigenvalue weighted by Gasteiger charge is -2.08. The molecule has 1 atom stereocenters. The Labute approximate surface area is 72.2 Å². The summed E-state index contributed by atoms with van der Waals surface area (Å²) in [6.45, 7) is 2.28. The largest absolute Gasteiger partial charge is 0.469 e. The number of hydrogen-bond donors (Lipinski definition) is 1. The first-order chi connectivity index (χ1) is 5.83. The number of carbonyl (C=O) groups excluding carboxylic acids is 1. The highest BCUT2D eigenvalue weighted by Gasteiger charge is 2.14. The average Bonchev–Trinajstić information content (AvgIpc) is 2.57. The van der Waals surface area contributed by atoms with E-state index in [1.165, 1.54) is 7.11 Å². The minimum atomic E-state index is -0.165. The summed E-state index contributed by atoms with van der Waals surface area (Å²) < 4.78 is 9.67. The van der Waals surface area contributed by atoms with Crippen LogP contribution in [0.1, 0.15) is 12.8 Å². The molecule has 1 N–H and O–H groups in total. The maximum Gasteiger partial charge on any atom is 0.306 e. The maximum atomic E-state index is 10.7. The Morgan fingerprint density at radius 3 is 3.17 bits per heavy atom. The van der Waals surface area contributed by atoms with Gasteiger partial charge in [-0.25, -0.2) is 0 Å². The Bertz CT molecular complexity index is 143. The molecule has 0 spiro atoms. The van der Waals surface area contributed by atoms with Crippen LogP contribution in [0, 0.1) is 0 Å². The molecule has 0 aromatic heterocycles. The number of esters is 1. The predicted molar refractivity (Wildman–Crippen MR) is 43.9 cm³/mol. The smallest absolute Gasteiger partial charge is 0.306 e. The first-order valence-corrected chi connectivity index (χ1v) is 4.21. The van der Waals surface area contributed by atoms with E-state index in [4.69, 9.17) is 4.74 Å². The Morgan fingerprint density at radius 2 is 2.58 bits per heavy atom. The van der Waals surface area contributed by atoms with Gasteiger partial charge in [0.25, 0.3) is 0 Å². The molecule has 0 radical (unpaired) electrons. The zero-order valence-corrected chi connectivity index (χ0v) is 7.34. The van der Waals surface area contributed by atoms with Crippen LogP contribution in [0.25, 0.3) is 0 Å². The molecule has 70 valence electrons. The van der Waals surface area contributed by atoms with Crippen LogP contribution >= 0.6 is 0 Å². The van der Waals surface area contributed by atoms with Crippen molar-refractivity contribution in [3.05, 3.63) is 0 Å². The number of hydrogen-bond acceptors (Lipinski definition) is 4. The van der Waals surface area contributed by atoms with Gasteiger partial charge in [0.05, 0.1) is 20.1 Å². The number of methoxy groups -OCH3 is 1. The Morgan fingerprint density at radius 1 is 1.75 bits per heavy atom. The molecule has 1 heterocycles. The second-order valence-electron chi connectivity index (χ2n) is 2.84. The van der Waals surface area contributed by atoms with Crippen LogP contribution in [0.3, 0.4) is 0 Å². The van der Waals surface area contributed by atoms with Crippen molar-refractivity contribution in [2.75, 3.05) is 26.9 Å². The summed E-state index contributed by atoms with van der Waals surface area (Å²) in [6.07, 6.45) is 1.48. The molecule has 1 aliphatic rings. The molecule has 1 rings (SSSR count). The molecule has 1 saturated heterocycles. The Hall–Kier alpha value is -0.610. The van der Waals surface area contributed by atoms with Crippen LogP contribution in [-0.2, 0) is 14.3 Å². The summed E-state index contributed by atoms with van der Waals surface area (Å²) in [5.41, 5.74) is 0. The zero-order valence-electron chi connectivity index (χ0n) is 7.34.